The zero-order valence-corrected chi connectivity index (χ0v) is 24.8. The third kappa shape index (κ3) is 3.80. The summed E-state index contributed by atoms with van der Waals surface area (Å²) in [6.45, 7) is 0. The van der Waals surface area contributed by atoms with Crippen LogP contribution in [0.25, 0.3) is 0 Å². The number of benzene rings is 2. The maximum absolute atomic E-state index is 15.1. The molecule has 2 aromatic carbocycles. The Balaban J connectivity index is 1.44. The predicted molar refractivity (Wildman–Crippen MR) is 149 cm³/mol. The van der Waals surface area contributed by atoms with Crippen LogP contribution < -0.4 is 15.4 Å². The number of rotatable bonds is 2. The van der Waals surface area contributed by atoms with Gasteiger partial charge in [0.15, 0.2) is 33.0 Å². The SMILES string of the molecule is NC(=O)N1C(=O)C2CC=C3C(CC4(Cl)C(=O)N(c5c(F)c(F)c(F)c(F)c5F)C(=O)C4(Cl)C3C3=COc4ccc(O)cc4C3)C2C1=O. The van der Waals surface area contributed by atoms with Crippen molar-refractivity contribution in [3.63, 3.8) is 0 Å². The summed E-state index contributed by atoms with van der Waals surface area (Å²) in [5.74, 6) is -22.9. The van der Waals surface area contributed by atoms with Crippen molar-refractivity contribution in [1.29, 1.82) is 0 Å². The van der Waals surface area contributed by atoms with Crippen LogP contribution in [0.1, 0.15) is 18.4 Å². The lowest BCUT2D eigenvalue weighted by molar-refractivity contribution is -0.136. The van der Waals surface area contributed by atoms with E-state index in [1.807, 2.05) is 0 Å². The summed E-state index contributed by atoms with van der Waals surface area (Å²) in [4.78, 5) is 61.5. The fraction of sp³-hybridized carbons (Fsp3) is 0.300. The zero-order valence-electron chi connectivity index (χ0n) is 23.3. The van der Waals surface area contributed by atoms with Crippen LogP contribution >= 0.6 is 23.2 Å². The molecular formula is C30H18Cl2F5N3O7. The second-order valence-electron chi connectivity index (χ2n) is 11.8. The van der Waals surface area contributed by atoms with E-state index in [1.165, 1.54) is 24.3 Å². The van der Waals surface area contributed by atoms with Gasteiger partial charge in [-0.25, -0.2) is 31.6 Å². The largest absolute Gasteiger partial charge is 0.508 e. The maximum Gasteiger partial charge on any atom is 0.328 e. The minimum atomic E-state index is -2.74. The van der Waals surface area contributed by atoms with E-state index < -0.39 is 104 Å². The van der Waals surface area contributed by atoms with E-state index in [9.17, 15) is 42.3 Å². The molecule has 7 rings (SSSR count). The molecule has 0 radical (unpaired) electrons. The van der Waals surface area contributed by atoms with Gasteiger partial charge in [0, 0.05) is 17.9 Å². The molecule has 3 aliphatic heterocycles. The molecule has 2 saturated heterocycles. The number of carbonyl (C=O) groups excluding carboxylic acids is 5. The number of anilines is 1. The Morgan fingerprint density at radius 1 is 0.936 bits per heavy atom. The Morgan fingerprint density at radius 2 is 1.57 bits per heavy atom. The molecular weight excluding hydrogens is 680 g/mol. The number of urea groups is 1. The van der Waals surface area contributed by atoms with Gasteiger partial charge in [-0.15, -0.1) is 23.2 Å². The summed E-state index contributed by atoms with van der Waals surface area (Å²) in [6, 6.07) is 2.74. The second kappa shape index (κ2) is 10.0. The van der Waals surface area contributed by atoms with Crippen molar-refractivity contribution in [1.82, 2.24) is 4.90 Å². The number of fused-ring (bicyclic) bond motifs is 5. The highest BCUT2D eigenvalue weighted by Crippen LogP contribution is 2.65. The highest BCUT2D eigenvalue weighted by Gasteiger charge is 2.77. The number of likely N-dealkylation sites (tertiary alicyclic amines) is 1. The Kier molecular flexibility index (Phi) is 6.62. The summed E-state index contributed by atoms with van der Waals surface area (Å²) < 4.78 is 78.6. The summed E-state index contributed by atoms with van der Waals surface area (Å²) in [5, 5.41) is 10.1. The molecule has 6 atom stereocenters. The van der Waals surface area contributed by atoms with Crippen molar-refractivity contribution in [2.24, 2.45) is 29.4 Å². The Morgan fingerprint density at radius 3 is 2.21 bits per heavy atom. The van der Waals surface area contributed by atoms with Crippen LogP contribution in [-0.2, 0) is 25.6 Å². The van der Waals surface area contributed by atoms with Crippen LogP contribution in [0.3, 0.4) is 0 Å². The number of aromatic hydroxyl groups is 1. The van der Waals surface area contributed by atoms with E-state index in [2.05, 4.69) is 0 Å². The average Bonchev–Trinajstić information content (AvgIpc) is 3.37. The Bertz CT molecular complexity index is 1940. The molecule has 6 unspecified atom stereocenters. The predicted octanol–water partition coefficient (Wildman–Crippen LogP) is 4.08. The van der Waals surface area contributed by atoms with Crippen LogP contribution in [0.4, 0.5) is 32.4 Å². The Hall–Kier alpha value is -4.50. The molecule has 3 fully saturated rings. The number of imide groups is 4. The van der Waals surface area contributed by atoms with Crippen LogP contribution in [0.15, 0.2) is 41.7 Å². The van der Waals surface area contributed by atoms with E-state index in [0.29, 0.717) is 5.56 Å². The highest BCUT2D eigenvalue weighted by molar-refractivity contribution is 6.58. The number of phenolic OH excluding ortho intramolecular Hbond substituents is 1. The molecule has 6 amide bonds. The number of hydrogen-bond acceptors (Lipinski definition) is 7. The standard InChI is InChI=1S/C30H18Cl2F5N3O7/c31-29-7-14-12(2-3-13-16(14)25(43)40(24(13)42)28(38)46)17(10-5-9-6-11(41)1-4-15(9)47-8-10)30(29,32)27(45)39(26(29)44)23-21(36)19(34)18(33)20(35)22(23)37/h1-2,4,6,8,13-14,16-17,41H,3,5,7H2,(H2,38,46). The molecule has 2 aliphatic carbocycles. The van der Waals surface area contributed by atoms with Gasteiger partial charge in [0.05, 0.1) is 18.1 Å². The van der Waals surface area contributed by atoms with Gasteiger partial charge in [0.2, 0.25) is 17.6 Å². The van der Waals surface area contributed by atoms with Crippen molar-refractivity contribution >= 4 is 58.5 Å². The van der Waals surface area contributed by atoms with E-state index in [1.54, 1.807) is 0 Å². The smallest absolute Gasteiger partial charge is 0.328 e. The number of nitrogens with zero attached hydrogens (tertiary/aromatic N) is 2. The lowest BCUT2D eigenvalue weighted by Gasteiger charge is -2.51. The molecule has 0 bridgehead atoms. The van der Waals surface area contributed by atoms with Gasteiger partial charge >= 0.3 is 6.03 Å². The third-order valence-corrected chi connectivity index (χ3v) is 11.0. The number of phenols is 1. The van der Waals surface area contributed by atoms with Crippen LogP contribution in [0, 0.1) is 52.8 Å². The number of halogens is 7. The van der Waals surface area contributed by atoms with Crippen molar-refractivity contribution in [3.05, 3.63) is 76.3 Å². The Labute approximate surface area is 270 Å². The number of allylic oxidation sites excluding steroid dienone is 3. The average molecular weight is 698 g/mol. The topological polar surface area (TPSA) is 147 Å². The first-order chi connectivity index (χ1) is 22.1. The summed E-state index contributed by atoms with van der Waals surface area (Å²) in [5.41, 5.74) is 4.03. The van der Waals surface area contributed by atoms with Crippen molar-refractivity contribution in [2.75, 3.05) is 4.90 Å². The number of carbonyl (C=O) groups is 5. The van der Waals surface area contributed by atoms with Gasteiger partial charge in [-0.2, -0.15) is 4.90 Å². The van der Waals surface area contributed by atoms with Crippen LogP contribution in [0.2, 0.25) is 0 Å². The number of ether oxygens (including phenoxy) is 1. The number of alkyl halides is 2. The van der Waals surface area contributed by atoms with Crippen molar-refractivity contribution in [2.45, 2.75) is 29.0 Å². The fourth-order valence-electron chi connectivity index (χ4n) is 7.60. The molecule has 2 aromatic rings. The first kappa shape index (κ1) is 31.1. The number of nitrogens with two attached hydrogens (primary N) is 1. The summed E-state index contributed by atoms with van der Waals surface area (Å²) in [6.07, 6.45) is 1.59. The van der Waals surface area contributed by atoms with Gasteiger partial charge in [0.1, 0.15) is 17.2 Å². The third-order valence-electron chi connectivity index (χ3n) is 9.59. The molecule has 3 N–H and O–H groups in total. The summed E-state index contributed by atoms with van der Waals surface area (Å²) >= 11 is 14.1. The number of primary amides is 1. The fourth-order valence-corrected chi connectivity index (χ4v) is 8.54. The molecule has 244 valence electrons. The van der Waals surface area contributed by atoms with Gasteiger partial charge in [-0.1, -0.05) is 11.6 Å². The van der Waals surface area contributed by atoms with Crippen LogP contribution in [0.5, 0.6) is 11.5 Å². The van der Waals surface area contributed by atoms with Gasteiger partial charge in [-0.05, 0) is 42.5 Å². The monoisotopic (exact) mass is 697 g/mol. The quantitative estimate of drug-likeness (QED) is 0.120. The van der Waals surface area contributed by atoms with Crippen LogP contribution in [-0.4, -0.2) is 49.4 Å². The van der Waals surface area contributed by atoms with E-state index in [4.69, 9.17) is 33.7 Å². The molecule has 0 aromatic heterocycles. The van der Waals surface area contributed by atoms with E-state index in [-0.39, 0.29) is 45.3 Å². The van der Waals surface area contributed by atoms with Crippen molar-refractivity contribution in [3.8, 4) is 11.5 Å². The first-order valence-electron chi connectivity index (χ1n) is 13.9. The molecule has 0 spiro atoms. The first-order valence-corrected chi connectivity index (χ1v) is 14.6. The second-order valence-corrected chi connectivity index (χ2v) is 13.1. The van der Waals surface area contributed by atoms with E-state index >= 15 is 8.78 Å². The molecule has 10 nitrogen and oxygen atoms in total. The normalized spacial score (nSPS) is 31.1. The lowest BCUT2D eigenvalue weighted by atomic mass is 9.56. The lowest BCUT2D eigenvalue weighted by Crippen LogP contribution is -2.61. The zero-order chi connectivity index (χ0) is 34.1. The maximum atomic E-state index is 15.1. The molecule has 47 heavy (non-hydrogen) atoms. The molecule has 5 aliphatic rings. The van der Waals surface area contributed by atoms with Gasteiger partial charge in [-0.3, -0.25) is 19.2 Å². The van der Waals surface area contributed by atoms with Crippen molar-refractivity contribution < 1.29 is 55.8 Å². The molecule has 1 saturated carbocycles. The number of amides is 6. The summed E-state index contributed by atoms with van der Waals surface area (Å²) in [7, 11) is 0. The van der Waals surface area contributed by atoms with Gasteiger partial charge < -0.3 is 15.6 Å². The molecule has 17 heteroatoms. The highest BCUT2D eigenvalue weighted by atomic mass is 35.5. The molecule has 3 heterocycles. The van der Waals surface area contributed by atoms with E-state index in [0.717, 1.165) is 6.26 Å². The van der Waals surface area contributed by atoms with Gasteiger partial charge in [0.25, 0.3) is 11.8 Å². The minimum absolute atomic E-state index is 0.112. The minimum Gasteiger partial charge on any atom is -0.508 e. The number of hydrogen-bond donors (Lipinski definition) is 2.